The number of thioether (sulfide) groups is 1. The Balaban J connectivity index is 0.000000771. The number of rotatable bonds is 3. The molecular formula is C11H15B2NO3S. The molecule has 0 aromatic heterocycles. The lowest BCUT2D eigenvalue weighted by Gasteiger charge is -2.17. The Hall–Kier alpha value is -0.780. The molecule has 0 fully saturated rings. The van der Waals surface area contributed by atoms with Crippen LogP contribution in [0.2, 0.25) is 0 Å². The molecule has 1 heterocycles. The number of aliphatic hydroxyl groups is 1. The van der Waals surface area contributed by atoms with Crippen LogP contribution in [-0.4, -0.2) is 46.3 Å². The Labute approximate surface area is 114 Å². The molecule has 2 rings (SSSR count). The summed E-state index contributed by atoms with van der Waals surface area (Å²) in [5.41, 5.74) is 6.57. The summed E-state index contributed by atoms with van der Waals surface area (Å²) in [5.74, 6) is 1.39. The molecule has 0 amide bonds. The molecule has 0 aliphatic carbocycles. The van der Waals surface area contributed by atoms with Crippen molar-refractivity contribution in [2.45, 2.75) is 16.0 Å². The van der Waals surface area contributed by atoms with Gasteiger partial charge in [0.25, 0.3) is 0 Å². The van der Waals surface area contributed by atoms with Gasteiger partial charge in [0.05, 0.1) is 16.7 Å². The van der Waals surface area contributed by atoms with E-state index in [-0.39, 0.29) is 0 Å². The van der Waals surface area contributed by atoms with Crippen molar-refractivity contribution < 1.29 is 14.6 Å². The van der Waals surface area contributed by atoms with E-state index in [0.717, 1.165) is 29.7 Å². The van der Waals surface area contributed by atoms with E-state index in [4.69, 9.17) is 36.0 Å². The fourth-order valence-corrected chi connectivity index (χ4v) is 2.52. The van der Waals surface area contributed by atoms with Crippen molar-refractivity contribution in [2.75, 3.05) is 20.8 Å². The molecule has 1 aromatic carbocycles. The van der Waals surface area contributed by atoms with Gasteiger partial charge in [0.1, 0.15) is 27.2 Å². The molecule has 1 aliphatic rings. The van der Waals surface area contributed by atoms with Crippen molar-refractivity contribution in [3.63, 3.8) is 0 Å². The summed E-state index contributed by atoms with van der Waals surface area (Å²) in [7, 11) is 14.0. The van der Waals surface area contributed by atoms with Crippen LogP contribution in [0.15, 0.2) is 17.0 Å². The Morgan fingerprint density at radius 2 is 2.11 bits per heavy atom. The minimum atomic E-state index is -1.21. The monoisotopic (exact) mass is 263 g/mol. The molecule has 0 atom stereocenters. The first-order valence-electron chi connectivity index (χ1n) is 5.37. The van der Waals surface area contributed by atoms with Crippen molar-refractivity contribution in [2.24, 2.45) is 5.73 Å². The van der Waals surface area contributed by atoms with Gasteiger partial charge in [0.2, 0.25) is 0 Å². The van der Waals surface area contributed by atoms with E-state index in [2.05, 4.69) is 0 Å². The van der Waals surface area contributed by atoms with Crippen LogP contribution in [0.25, 0.3) is 0 Å². The molecule has 18 heavy (non-hydrogen) atoms. The number of hydrogen-bond donors (Lipinski definition) is 2. The molecule has 0 spiro atoms. The molecular weight excluding hydrogens is 248 g/mol. The second kappa shape index (κ2) is 6.41. The SMILES string of the molecule is CO.[B]C1([B])Oc2cc(CCN)cc(OC)c2S1. The lowest BCUT2D eigenvalue weighted by Crippen LogP contribution is -2.28. The van der Waals surface area contributed by atoms with Crippen LogP contribution >= 0.6 is 11.8 Å². The number of methoxy groups -OCH3 is 1. The highest BCUT2D eigenvalue weighted by Gasteiger charge is 2.32. The Morgan fingerprint density at radius 1 is 1.44 bits per heavy atom. The average molecular weight is 263 g/mol. The molecule has 3 N–H and O–H groups in total. The number of nitrogens with two attached hydrogens (primary N) is 1. The summed E-state index contributed by atoms with van der Waals surface area (Å²) < 4.78 is 9.49. The molecule has 4 radical (unpaired) electrons. The molecule has 0 saturated carbocycles. The number of ether oxygens (including phenoxy) is 2. The van der Waals surface area contributed by atoms with Gasteiger partial charge in [0, 0.05) is 7.11 Å². The van der Waals surface area contributed by atoms with E-state index in [1.807, 2.05) is 12.1 Å². The normalized spacial score (nSPS) is 15.1. The summed E-state index contributed by atoms with van der Waals surface area (Å²) in [6.07, 6.45) is 0.764. The average Bonchev–Trinajstić information content (AvgIpc) is 2.65. The number of aliphatic hydroxyl groups excluding tert-OH is 1. The summed E-state index contributed by atoms with van der Waals surface area (Å²) >= 11 is 1.25. The zero-order valence-corrected chi connectivity index (χ0v) is 11.3. The third-order valence-electron chi connectivity index (χ3n) is 2.26. The first-order chi connectivity index (χ1) is 8.55. The van der Waals surface area contributed by atoms with Gasteiger partial charge in [-0.1, -0.05) is 11.8 Å². The van der Waals surface area contributed by atoms with Gasteiger partial charge in [-0.05, 0) is 30.7 Å². The molecule has 1 aliphatic heterocycles. The van der Waals surface area contributed by atoms with E-state index >= 15 is 0 Å². The minimum Gasteiger partial charge on any atom is -0.495 e. The number of benzene rings is 1. The van der Waals surface area contributed by atoms with Crippen molar-refractivity contribution in [3.05, 3.63) is 17.7 Å². The summed E-state index contributed by atoms with van der Waals surface area (Å²) in [6, 6.07) is 3.84. The predicted octanol–water partition coefficient (Wildman–Crippen LogP) is 0.238. The summed E-state index contributed by atoms with van der Waals surface area (Å²) in [5, 5.41) is 7.00. The van der Waals surface area contributed by atoms with Gasteiger partial charge in [-0.2, -0.15) is 0 Å². The Bertz CT molecular complexity index is 416. The van der Waals surface area contributed by atoms with Crippen molar-refractivity contribution in [1.29, 1.82) is 0 Å². The van der Waals surface area contributed by atoms with E-state index < -0.39 is 4.73 Å². The first kappa shape index (κ1) is 15.3. The fraction of sp³-hybridized carbons (Fsp3) is 0.455. The van der Waals surface area contributed by atoms with E-state index in [0.29, 0.717) is 12.3 Å². The lowest BCUT2D eigenvalue weighted by molar-refractivity contribution is 0.327. The quantitative estimate of drug-likeness (QED) is 0.764. The molecule has 1 aromatic rings. The van der Waals surface area contributed by atoms with Crippen LogP contribution in [0.4, 0.5) is 0 Å². The highest BCUT2D eigenvalue weighted by atomic mass is 32.2. The highest BCUT2D eigenvalue weighted by molar-refractivity contribution is 8.03. The number of fused-ring (bicyclic) bond motifs is 1. The predicted molar refractivity (Wildman–Crippen MR) is 74.6 cm³/mol. The van der Waals surface area contributed by atoms with Crippen LogP contribution in [0.1, 0.15) is 5.56 Å². The smallest absolute Gasteiger partial charge is 0.136 e. The van der Waals surface area contributed by atoms with Gasteiger partial charge in [-0.15, -0.1) is 0 Å². The van der Waals surface area contributed by atoms with Crippen molar-refractivity contribution in [3.8, 4) is 11.5 Å². The number of hydrogen-bond acceptors (Lipinski definition) is 5. The maximum absolute atomic E-state index is 7.00. The largest absolute Gasteiger partial charge is 0.495 e. The van der Waals surface area contributed by atoms with Crippen LogP contribution < -0.4 is 15.2 Å². The maximum atomic E-state index is 7.00. The fourth-order valence-electron chi connectivity index (χ4n) is 1.62. The van der Waals surface area contributed by atoms with Gasteiger partial charge < -0.3 is 20.3 Å². The van der Waals surface area contributed by atoms with E-state index in [9.17, 15) is 0 Å². The second-order valence-corrected chi connectivity index (χ2v) is 4.84. The topological polar surface area (TPSA) is 64.7 Å². The van der Waals surface area contributed by atoms with E-state index in [1.54, 1.807) is 7.11 Å². The van der Waals surface area contributed by atoms with E-state index in [1.165, 1.54) is 11.8 Å². The summed E-state index contributed by atoms with van der Waals surface area (Å²) in [6.45, 7) is 0.575. The van der Waals surface area contributed by atoms with Gasteiger partial charge in [-0.3, -0.25) is 0 Å². The van der Waals surface area contributed by atoms with Gasteiger partial charge in [-0.25, -0.2) is 0 Å². The van der Waals surface area contributed by atoms with Crippen molar-refractivity contribution >= 4 is 27.5 Å². The molecule has 0 unspecified atom stereocenters. The zero-order chi connectivity index (χ0) is 13.8. The molecule has 4 nitrogen and oxygen atoms in total. The molecule has 0 saturated heterocycles. The Kier molecular flexibility index (Phi) is 5.44. The van der Waals surface area contributed by atoms with Gasteiger partial charge >= 0.3 is 0 Å². The molecule has 0 bridgehead atoms. The summed E-state index contributed by atoms with van der Waals surface area (Å²) in [4.78, 5) is 0.841. The minimum absolute atomic E-state index is 0.575. The third kappa shape index (κ3) is 3.37. The first-order valence-corrected chi connectivity index (χ1v) is 6.19. The van der Waals surface area contributed by atoms with Crippen LogP contribution in [0, 0.1) is 0 Å². The maximum Gasteiger partial charge on any atom is 0.136 e. The molecule has 7 heteroatoms. The zero-order valence-electron chi connectivity index (χ0n) is 10.5. The van der Waals surface area contributed by atoms with Crippen LogP contribution in [0.3, 0.4) is 0 Å². The standard InChI is InChI=1S/C10H11B2NO2S.CH4O/c1-14-7-4-6(2-3-13)5-8-9(7)16-10(11,12)15-8;1-2/h4-5H,2-3,13H2,1H3;2H,1H3. The van der Waals surface area contributed by atoms with Crippen molar-refractivity contribution in [1.82, 2.24) is 0 Å². The molecule has 94 valence electrons. The van der Waals surface area contributed by atoms with Crippen LogP contribution in [0.5, 0.6) is 11.5 Å². The second-order valence-electron chi connectivity index (χ2n) is 3.59. The van der Waals surface area contributed by atoms with Gasteiger partial charge in [0.15, 0.2) is 0 Å². The lowest BCUT2D eigenvalue weighted by atomic mass is 9.80. The van der Waals surface area contributed by atoms with Crippen LogP contribution in [-0.2, 0) is 6.42 Å². The highest BCUT2D eigenvalue weighted by Crippen LogP contribution is 2.49. The third-order valence-corrected chi connectivity index (χ3v) is 3.27. The Morgan fingerprint density at radius 3 is 2.67 bits per heavy atom.